The fourth-order valence-corrected chi connectivity index (χ4v) is 3.06. The number of nitrogens with one attached hydrogen (secondary N) is 1. The Kier molecular flexibility index (Phi) is 4.02. The third kappa shape index (κ3) is 2.72. The molecule has 96 valence electrons. The first-order chi connectivity index (χ1) is 8.49. The van der Waals surface area contributed by atoms with E-state index in [4.69, 9.17) is 0 Å². The van der Waals surface area contributed by atoms with Crippen molar-refractivity contribution in [3.8, 4) is 0 Å². The van der Waals surface area contributed by atoms with E-state index >= 15 is 0 Å². The summed E-state index contributed by atoms with van der Waals surface area (Å²) in [6, 6.07) is 6.41. The highest BCUT2D eigenvalue weighted by Crippen LogP contribution is 2.31. The largest absolute Gasteiger partial charge is 0.373 e. The molecule has 5 heteroatoms. The highest BCUT2D eigenvalue weighted by Gasteiger charge is 2.15. The summed E-state index contributed by atoms with van der Waals surface area (Å²) in [4.78, 5) is 1.02. The zero-order valence-corrected chi connectivity index (χ0v) is 12.3. The highest BCUT2D eigenvalue weighted by atomic mass is 79.9. The van der Waals surface area contributed by atoms with Crippen LogP contribution in [0.4, 0.5) is 14.5 Å². The Balaban J connectivity index is 2.27. The summed E-state index contributed by atoms with van der Waals surface area (Å²) in [7, 11) is 0. The number of benzene rings is 1. The van der Waals surface area contributed by atoms with Crippen LogP contribution in [0.3, 0.4) is 0 Å². The Labute approximate surface area is 117 Å². The van der Waals surface area contributed by atoms with Gasteiger partial charge in [0.25, 0.3) is 0 Å². The van der Waals surface area contributed by atoms with Gasteiger partial charge in [0.2, 0.25) is 0 Å². The Hall–Kier alpha value is -0.940. The number of hydrogen-bond acceptors (Lipinski definition) is 2. The zero-order chi connectivity index (χ0) is 13.3. The van der Waals surface area contributed by atoms with Crippen LogP contribution in [0, 0.1) is 18.6 Å². The fourth-order valence-electron chi connectivity index (χ4n) is 1.64. The highest BCUT2D eigenvalue weighted by molar-refractivity contribution is 9.11. The molecule has 1 aromatic carbocycles. The number of thiophene rings is 1. The molecule has 0 bridgehead atoms. The van der Waals surface area contributed by atoms with Crippen LogP contribution >= 0.6 is 27.3 Å². The number of hydrogen-bond donors (Lipinski definition) is 1. The van der Waals surface area contributed by atoms with Gasteiger partial charge in [-0.1, -0.05) is 6.07 Å². The third-order valence-electron chi connectivity index (χ3n) is 2.67. The lowest BCUT2D eigenvalue weighted by molar-refractivity contribution is 0.579. The van der Waals surface area contributed by atoms with Gasteiger partial charge >= 0.3 is 0 Å². The van der Waals surface area contributed by atoms with Gasteiger partial charge in [-0.3, -0.25) is 0 Å². The molecule has 1 N–H and O–H groups in total. The first-order valence-corrected chi connectivity index (χ1v) is 7.06. The van der Waals surface area contributed by atoms with Crippen LogP contribution in [-0.2, 0) is 0 Å². The van der Waals surface area contributed by atoms with Gasteiger partial charge in [-0.05, 0) is 53.5 Å². The first kappa shape index (κ1) is 13.5. The lowest BCUT2D eigenvalue weighted by Gasteiger charge is -2.15. The summed E-state index contributed by atoms with van der Waals surface area (Å²) in [5.74, 6) is -1.10. The number of anilines is 1. The van der Waals surface area contributed by atoms with Crippen LogP contribution in [0.1, 0.15) is 23.4 Å². The minimum atomic E-state index is -0.569. The molecule has 0 aliphatic heterocycles. The molecule has 18 heavy (non-hydrogen) atoms. The Morgan fingerprint density at radius 3 is 2.56 bits per heavy atom. The van der Waals surface area contributed by atoms with Crippen molar-refractivity contribution < 1.29 is 8.78 Å². The lowest BCUT2D eigenvalue weighted by Crippen LogP contribution is -2.09. The van der Waals surface area contributed by atoms with E-state index in [0.29, 0.717) is 5.56 Å². The maximum absolute atomic E-state index is 13.8. The van der Waals surface area contributed by atoms with E-state index in [1.807, 2.05) is 19.1 Å². The zero-order valence-electron chi connectivity index (χ0n) is 9.93. The quantitative estimate of drug-likeness (QED) is 0.807. The first-order valence-electron chi connectivity index (χ1n) is 5.45. The van der Waals surface area contributed by atoms with Crippen molar-refractivity contribution in [3.63, 3.8) is 0 Å². The minimum Gasteiger partial charge on any atom is -0.373 e. The second-order valence-electron chi connectivity index (χ2n) is 4.06. The average molecular weight is 332 g/mol. The van der Waals surface area contributed by atoms with Gasteiger partial charge in [-0.25, -0.2) is 8.78 Å². The monoisotopic (exact) mass is 331 g/mol. The SMILES string of the molecule is Cc1ccc(F)c(NC(C)c2ccc(Br)s2)c1F. The molecule has 0 saturated carbocycles. The Morgan fingerprint density at radius 2 is 1.94 bits per heavy atom. The van der Waals surface area contributed by atoms with Gasteiger partial charge < -0.3 is 5.32 Å². The molecule has 0 aliphatic rings. The van der Waals surface area contributed by atoms with Crippen molar-refractivity contribution in [1.29, 1.82) is 0 Å². The smallest absolute Gasteiger partial charge is 0.152 e. The van der Waals surface area contributed by atoms with Gasteiger partial charge in [-0.15, -0.1) is 11.3 Å². The van der Waals surface area contributed by atoms with Crippen molar-refractivity contribution in [2.45, 2.75) is 19.9 Å². The van der Waals surface area contributed by atoms with E-state index < -0.39 is 11.6 Å². The van der Waals surface area contributed by atoms with Crippen LogP contribution in [0.25, 0.3) is 0 Å². The van der Waals surface area contributed by atoms with Gasteiger partial charge in [0.15, 0.2) is 5.82 Å². The van der Waals surface area contributed by atoms with E-state index in [1.54, 1.807) is 18.3 Å². The molecule has 0 amide bonds. The number of rotatable bonds is 3. The molecular weight excluding hydrogens is 320 g/mol. The Bertz CT molecular complexity index is 568. The lowest BCUT2D eigenvalue weighted by atomic mass is 10.1. The molecule has 0 aliphatic carbocycles. The van der Waals surface area contributed by atoms with E-state index in [9.17, 15) is 8.78 Å². The molecule has 2 rings (SSSR count). The van der Waals surface area contributed by atoms with Crippen molar-refractivity contribution in [1.82, 2.24) is 0 Å². The van der Waals surface area contributed by atoms with Crippen LogP contribution in [0.2, 0.25) is 0 Å². The molecule has 1 atom stereocenters. The van der Waals surface area contributed by atoms with Gasteiger partial charge in [0.1, 0.15) is 11.5 Å². The summed E-state index contributed by atoms with van der Waals surface area (Å²) in [6.07, 6.45) is 0. The molecule has 1 unspecified atom stereocenters. The van der Waals surface area contributed by atoms with Crippen LogP contribution in [-0.4, -0.2) is 0 Å². The second kappa shape index (κ2) is 5.36. The second-order valence-corrected chi connectivity index (χ2v) is 6.56. The van der Waals surface area contributed by atoms with Crippen LogP contribution < -0.4 is 5.32 Å². The van der Waals surface area contributed by atoms with Crippen molar-refractivity contribution in [2.75, 3.05) is 5.32 Å². The van der Waals surface area contributed by atoms with Crippen LogP contribution in [0.5, 0.6) is 0 Å². The van der Waals surface area contributed by atoms with E-state index in [0.717, 1.165) is 8.66 Å². The maximum atomic E-state index is 13.8. The molecule has 0 saturated heterocycles. The summed E-state index contributed by atoms with van der Waals surface area (Å²) in [5.41, 5.74) is 0.366. The minimum absolute atomic E-state index is 0.0629. The predicted octanol–water partition coefficient (Wildman–Crippen LogP) is 5.27. The molecule has 1 heterocycles. The molecular formula is C13H12BrF2NS. The van der Waals surface area contributed by atoms with Gasteiger partial charge in [-0.2, -0.15) is 0 Å². The molecule has 0 radical (unpaired) electrons. The summed E-state index contributed by atoms with van der Waals surface area (Å²) >= 11 is 4.91. The molecule has 0 fully saturated rings. The van der Waals surface area contributed by atoms with Gasteiger partial charge in [0, 0.05) is 4.88 Å². The van der Waals surface area contributed by atoms with Gasteiger partial charge in [0.05, 0.1) is 9.83 Å². The maximum Gasteiger partial charge on any atom is 0.152 e. The molecule has 1 aromatic heterocycles. The number of aryl methyl sites for hydroxylation is 1. The van der Waals surface area contributed by atoms with E-state index in [2.05, 4.69) is 21.2 Å². The fraction of sp³-hybridized carbons (Fsp3) is 0.231. The summed E-state index contributed by atoms with van der Waals surface area (Å²) in [6.45, 7) is 3.49. The van der Waals surface area contributed by atoms with Crippen LogP contribution in [0.15, 0.2) is 28.1 Å². The van der Waals surface area contributed by atoms with Crippen molar-refractivity contribution in [3.05, 3.63) is 50.1 Å². The molecule has 2 aromatic rings. The standard InChI is InChI=1S/C13H12BrF2NS/c1-7-3-4-9(15)13(12(7)16)17-8(2)10-5-6-11(14)18-10/h3-6,8,17H,1-2H3. The van der Waals surface area contributed by atoms with E-state index in [-0.39, 0.29) is 11.7 Å². The van der Waals surface area contributed by atoms with Crippen molar-refractivity contribution >= 4 is 33.0 Å². The average Bonchev–Trinajstić information content (AvgIpc) is 2.76. The summed E-state index contributed by atoms with van der Waals surface area (Å²) < 4.78 is 28.4. The predicted molar refractivity (Wildman–Crippen MR) is 75.2 cm³/mol. The normalized spacial score (nSPS) is 12.5. The third-order valence-corrected chi connectivity index (χ3v) is 4.47. The van der Waals surface area contributed by atoms with Crippen molar-refractivity contribution in [2.24, 2.45) is 0 Å². The topological polar surface area (TPSA) is 12.0 Å². The Morgan fingerprint density at radius 1 is 1.22 bits per heavy atom. The molecule has 1 nitrogen and oxygen atoms in total. The number of halogens is 3. The van der Waals surface area contributed by atoms with E-state index in [1.165, 1.54) is 12.1 Å². The summed E-state index contributed by atoms with van der Waals surface area (Å²) in [5, 5.41) is 2.89. The molecule has 0 spiro atoms.